The Labute approximate surface area is 153 Å². The quantitative estimate of drug-likeness (QED) is 0.329. The molecule has 0 radical (unpaired) electrons. The fourth-order valence-electron chi connectivity index (χ4n) is 3.08. The van der Waals surface area contributed by atoms with Gasteiger partial charge in [0.05, 0.1) is 13.2 Å². The third-order valence-corrected chi connectivity index (χ3v) is 4.72. The molecule has 4 atom stereocenters. The molecule has 148 valence electrons. The second-order valence-electron chi connectivity index (χ2n) is 6.97. The van der Waals surface area contributed by atoms with Crippen molar-refractivity contribution < 1.29 is 24.8 Å². The van der Waals surface area contributed by atoms with Crippen LogP contribution in [0.15, 0.2) is 12.2 Å². The first-order valence-corrected chi connectivity index (χ1v) is 10.1. The maximum atomic E-state index is 9.95. The van der Waals surface area contributed by atoms with Crippen molar-refractivity contribution in [2.75, 3.05) is 19.8 Å². The Kier molecular flexibility index (Phi) is 13.3. The number of hydrogen-bond donors (Lipinski definition) is 3. The van der Waals surface area contributed by atoms with Crippen LogP contribution < -0.4 is 0 Å². The standard InChI is InChI=1S/C20H38O5/c1-2-3-4-5-6-7-8-9-10-11-12-13-14-24-20-18(15-21)25-16-17(22)19(20)23/h8-9,17-23H,2-7,10-16H2,1H3/b9-8+/t17-,18+,19+,20+/m0/s1. The number of allylic oxidation sites excluding steroid dienone is 2. The molecular weight excluding hydrogens is 320 g/mol. The third-order valence-electron chi connectivity index (χ3n) is 4.72. The predicted molar refractivity (Wildman–Crippen MR) is 99.6 cm³/mol. The summed E-state index contributed by atoms with van der Waals surface area (Å²) >= 11 is 0. The summed E-state index contributed by atoms with van der Waals surface area (Å²) in [6.07, 6.45) is 13.5. The van der Waals surface area contributed by atoms with E-state index in [9.17, 15) is 15.3 Å². The molecule has 0 aliphatic carbocycles. The molecule has 1 aliphatic heterocycles. The number of rotatable bonds is 14. The van der Waals surface area contributed by atoms with Gasteiger partial charge in [0.1, 0.15) is 24.4 Å². The summed E-state index contributed by atoms with van der Waals surface area (Å²) in [4.78, 5) is 0. The number of ether oxygens (including phenoxy) is 2. The van der Waals surface area contributed by atoms with Gasteiger partial charge in [-0.3, -0.25) is 0 Å². The fourth-order valence-corrected chi connectivity index (χ4v) is 3.08. The van der Waals surface area contributed by atoms with E-state index in [4.69, 9.17) is 9.47 Å². The number of aliphatic hydroxyl groups excluding tert-OH is 3. The van der Waals surface area contributed by atoms with E-state index in [0.29, 0.717) is 6.61 Å². The monoisotopic (exact) mass is 358 g/mol. The van der Waals surface area contributed by atoms with E-state index in [2.05, 4.69) is 19.1 Å². The summed E-state index contributed by atoms with van der Waals surface area (Å²) in [5.41, 5.74) is 0. The largest absolute Gasteiger partial charge is 0.394 e. The lowest BCUT2D eigenvalue weighted by Crippen LogP contribution is -2.55. The molecule has 0 amide bonds. The smallest absolute Gasteiger partial charge is 0.114 e. The van der Waals surface area contributed by atoms with E-state index in [1.165, 1.54) is 38.5 Å². The highest BCUT2D eigenvalue weighted by Crippen LogP contribution is 2.19. The van der Waals surface area contributed by atoms with Crippen LogP contribution in [-0.2, 0) is 9.47 Å². The van der Waals surface area contributed by atoms with E-state index in [0.717, 1.165) is 25.7 Å². The van der Waals surface area contributed by atoms with Crippen LogP contribution in [-0.4, -0.2) is 59.6 Å². The maximum absolute atomic E-state index is 9.95. The van der Waals surface area contributed by atoms with Gasteiger partial charge >= 0.3 is 0 Å². The molecule has 0 aromatic heterocycles. The minimum absolute atomic E-state index is 0.0389. The van der Waals surface area contributed by atoms with Gasteiger partial charge in [-0.25, -0.2) is 0 Å². The van der Waals surface area contributed by atoms with E-state index in [1.54, 1.807) is 0 Å². The highest BCUT2D eigenvalue weighted by atomic mass is 16.6. The molecule has 25 heavy (non-hydrogen) atoms. The zero-order valence-corrected chi connectivity index (χ0v) is 15.8. The topological polar surface area (TPSA) is 79.2 Å². The molecule has 1 fully saturated rings. The van der Waals surface area contributed by atoms with Gasteiger partial charge in [0.25, 0.3) is 0 Å². The Bertz CT molecular complexity index is 332. The summed E-state index contributed by atoms with van der Waals surface area (Å²) in [7, 11) is 0. The van der Waals surface area contributed by atoms with Crippen molar-refractivity contribution >= 4 is 0 Å². The van der Waals surface area contributed by atoms with Crippen molar-refractivity contribution in [3.63, 3.8) is 0 Å². The van der Waals surface area contributed by atoms with Crippen LogP contribution in [0.3, 0.4) is 0 Å². The summed E-state index contributed by atoms with van der Waals surface area (Å²) in [6, 6.07) is 0. The van der Waals surface area contributed by atoms with Crippen molar-refractivity contribution in [2.24, 2.45) is 0 Å². The first kappa shape index (κ1) is 22.6. The molecule has 1 saturated heterocycles. The normalized spacial score (nSPS) is 27.2. The SMILES string of the molecule is CCCCCCC/C=C/CCCCCO[C@H]1[C@H](O)[C@@H](O)CO[C@@H]1CO. The van der Waals surface area contributed by atoms with Gasteiger partial charge in [0.15, 0.2) is 0 Å². The van der Waals surface area contributed by atoms with Crippen LogP contribution >= 0.6 is 0 Å². The molecule has 1 heterocycles. The van der Waals surface area contributed by atoms with Crippen LogP contribution in [0.4, 0.5) is 0 Å². The zero-order chi connectivity index (χ0) is 18.3. The van der Waals surface area contributed by atoms with Crippen LogP contribution in [0.25, 0.3) is 0 Å². The molecule has 0 bridgehead atoms. The van der Waals surface area contributed by atoms with Crippen molar-refractivity contribution in [2.45, 2.75) is 95.5 Å². The molecular formula is C20H38O5. The van der Waals surface area contributed by atoms with Gasteiger partial charge in [-0.2, -0.15) is 0 Å². The Balaban J connectivity index is 1.98. The van der Waals surface area contributed by atoms with Crippen molar-refractivity contribution in [3.8, 4) is 0 Å². The minimum atomic E-state index is -0.994. The summed E-state index contributed by atoms with van der Waals surface area (Å²) in [6.45, 7) is 2.58. The van der Waals surface area contributed by atoms with Crippen molar-refractivity contribution in [3.05, 3.63) is 12.2 Å². The van der Waals surface area contributed by atoms with Crippen LogP contribution in [0.2, 0.25) is 0 Å². The molecule has 0 saturated carbocycles. The number of hydrogen-bond acceptors (Lipinski definition) is 5. The molecule has 0 spiro atoms. The van der Waals surface area contributed by atoms with Crippen LogP contribution in [0.5, 0.6) is 0 Å². The van der Waals surface area contributed by atoms with Gasteiger partial charge in [-0.05, 0) is 32.1 Å². The van der Waals surface area contributed by atoms with Crippen LogP contribution in [0.1, 0.15) is 71.1 Å². The molecule has 0 aromatic carbocycles. The summed E-state index contributed by atoms with van der Waals surface area (Å²) in [5.74, 6) is 0. The van der Waals surface area contributed by atoms with Gasteiger partial charge < -0.3 is 24.8 Å². The van der Waals surface area contributed by atoms with Crippen molar-refractivity contribution in [1.29, 1.82) is 0 Å². The molecule has 5 nitrogen and oxygen atoms in total. The Morgan fingerprint density at radius 3 is 2.24 bits per heavy atom. The second kappa shape index (κ2) is 14.7. The maximum Gasteiger partial charge on any atom is 0.114 e. The van der Waals surface area contributed by atoms with Gasteiger partial charge in [0, 0.05) is 6.61 Å². The Morgan fingerprint density at radius 2 is 1.60 bits per heavy atom. The fraction of sp³-hybridized carbons (Fsp3) is 0.900. The lowest BCUT2D eigenvalue weighted by Gasteiger charge is -2.37. The molecule has 5 heteroatoms. The number of aliphatic hydroxyl groups is 3. The molecule has 1 aliphatic rings. The minimum Gasteiger partial charge on any atom is -0.394 e. The van der Waals surface area contributed by atoms with Gasteiger partial charge in [-0.1, -0.05) is 51.2 Å². The Morgan fingerprint density at radius 1 is 0.960 bits per heavy atom. The average molecular weight is 359 g/mol. The molecule has 0 unspecified atom stereocenters. The first-order valence-electron chi connectivity index (χ1n) is 10.1. The first-order chi connectivity index (χ1) is 12.2. The van der Waals surface area contributed by atoms with E-state index in [1.807, 2.05) is 0 Å². The van der Waals surface area contributed by atoms with Crippen LogP contribution in [0, 0.1) is 0 Å². The highest BCUT2D eigenvalue weighted by Gasteiger charge is 2.39. The van der Waals surface area contributed by atoms with Gasteiger partial charge in [0.2, 0.25) is 0 Å². The van der Waals surface area contributed by atoms with Gasteiger partial charge in [-0.15, -0.1) is 0 Å². The zero-order valence-electron chi connectivity index (χ0n) is 15.8. The molecule has 1 rings (SSSR count). The summed E-state index contributed by atoms with van der Waals surface area (Å²) in [5, 5.41) is 28.8. The molecule has 3 N–H and O–H groups in total. The van der Waals surface area contributed by atoms with E-state index < -0.39 is 24.4 Å². The van der Waals surface area contributed by atoms with Crippen molar-refractivity contribution in [1.82, 2.24) is 0 Å². The third kappa shape index (κ3) is 9.71. The average Bonchev–Trinajstić information content (AvgIpc) is 2.62. The second-order valence-corrected chi connectivity index (χ2v) is 6.97. The highest BCUT2D eigenvalue weighted by molar-refractivity contribution is 4.87. The lowest BCUT2D eigenvalue weighted by atomic mass is 10.0. The predicted octanol–water partition coefficient (Wildman–Crippen LogP) is 2.96. The number of unbranched alkanes of at least 4 members (excludes halogenated alkanes) is 8. The van der Waals surface area contributed by atoms with E-state index >= 15 is 0 Å². The lowest BCUT2D eigenvalue weighted by molar-refractivity contribution is -0.211. The Hall–Kier alpha value is -0.460. The summed E-state index contributed by atoms with van der Waals surface area (Å²) < 4.78 is 10.9. The molecule has 0 aromatic rings. The van der Waals surface area contributed by atoms with E-state index in [-0.39, 0.29) is 13.2 Å².